The van der Waals surface area contributed by atoms with Gasteiger partial charge in [-0.1, -0.05) is 6.92 Å². The molecule has 1 aromatic rings. The lowest BCUT2D eigenvalue weighted by atomic mass is 10.1. The quantitative estimate of drug-likeness (QED) is 0.821. The summed E-state index contributed by atoms with van der Waals surface area (Å²) in [5.74, 6) is 0.794. The van der Waals surface area contributed by atoms with Crippen LogP contribution in [0.15, 0.2) is 18.2 Å². The van der Waals surface area contributed by atoms with Crippen LogP contribution in [-0.2, 0) is 6.54 Å². The van der Waals surface area contributed by atoms with Gasteiger partial charge in [0.15, 0.2) is 0 Å². The number of nitriles is 1. The van der Waals surface area contributed by atoms with Crippen LogP contribution in [0.25, 0.3) is 0 Å². The Labute approximate surface area is 112 Å². The highest BCUT2D eigenvalue weighted by Crippen LogP contribution is 2.25. The van der Waals surface area contributed by atoms with Crippen molar-refractivity contribution < 1.29 is 4.39 Å². The van der Waals surface area contributed by atoms with E-state index in [1.165, 1.54) is 12.1 Å². The van der Waals surface area contributed by atoms with Gasteiger partial charge in [0.2, 0.25) is 0 Å². The minimum atomic E-state index is -0.323. The fourth-order valence-electron chi connectivity index (χ4n) is 2.26. The van der Waals surface area contributed by atoms with Crippen LogP contribution in [0, 0.1) is 17.1 Å². The molecular formula is C14H17FN2S. The van der Waals surface area contributed by atoms with Gasteiger partial charge in [-0.25, -0.2) is 4.39 Å². The van der Waals surface area contributed by atoms with Crippen LogP contribution in [0.3, 0.4) is 0 Å². The average Bonchev–Trinajstić information content (AvgIpc) is 2.34. The van der Waals surface area contributed by atoms with E-state index in [0.29, 0.717) is 16.9 Å². The summed E-state index contributed by atoms with van der Waals surface area (Å²) in [5.41, 5.74) is 1.29. The average molecular weight is 264 g/mol. The zero-order chi connectivity index (χ0) is 13.1. The van der Waals surface area contributed by atoms with Crippen molar-refractivity contribution in [3.05, 3.63) is 35.1 Å². The molecule has 1 aliphatic rings. The van der Waals surface area contributed by atoms with Crippen molar-refractivity contribution in [3.8, 4) is 6.07 Å². The fourth-order valence-corrected chi connectivity index (χ4v) is 3.42. The van der Waals surface area contributed by atoms with E-state index in [0.717, 1.165) is 24.4 Å². The third-order valence-electron chi connectivity index (χ3n) is 3.49. The molecule has 0 radical (unpaired) electrons. The first-order chi connectivity index (χ1) is 8.60. The van der Waals surface area contributed by atoms with Crippen LogP contribution >= 0.6 is 11.8 Å². The number of hydrogen-bond donors (Lipinski definition) is 0. The Bertz CT molecular complexity index is 469. The van der Waals surface area contributed by atoms with Crippen molar-refractivity contribution >= 4 is 11.8 Å². The summed E-state index contributed by atoms with van der Waals surface area (Å²) in [6, 6.07) is 7.07. The van der Waals surface area contributed by atoms with E-state index in [4.69, 9.17) is 5.26 Å². The number of halogens is 1. The molecule has 0 spiro atoms. The maximum Gasteiger partial charge on any atom is 0.124 e. The molecule has 0 aromatic heterocycles. The number of hydrogen-bond acceptors (Lipinski definition) is 3. The second kappa shape index (κ2) is 5.73. The first-order valence-corrected chi connectivity index (χ1v) is 7.20. The zero-order valence-electron chi connectivity index (χ0n) is 10.7. The smallest absolute Gasteiger partial charge is 0.124 e. The molecule has 2 unspecified atom stereocenters. The number of rotatable bonds is 2. The Morgan fingerprint density at radius 2 is 2.22 bits per heavy atom. The summed E-state index contributed by atoms with van der Waals surface area (Å²) in [5, 5.41) is 9.45. The van der Waals surface area contributed by atoms with E-state index in [9.17, 15) is 4.39 Å². The molecule has 96 valence electrons. The number of thioether (sulfide) groups is 1. The monoisotopic (exact) mass is 264 g/mol. The van der Waals surface area contributed by atoms with Gasteiger partial charge >= 0.3 is 0 Å². The van der Waals surface area contributed by atoms with Crippen molar-refractivity contribution in [1.82, 2.24) is 4.90 Å². The van der Waals surface area contributed by atoms with Crippen molar-refractivity contribution in [2.24, 2.45) is 0 Å². The fraction of sp³-hybridized carbons (Fsp3) is 0.500. The van der Waals surface area contributed by atoms with Crippen LogP contribution in [0.5, 0.6) is 0 Å². The van der Waals surface area contributed by atoms with E-state index >= 15 is 0 Å². The van der Waals surface area contributed by atoms with Gasteiger partial charge in [-0.15, -0.1) is 0 Å². The lowest BCUT2D eigenvalue weighted by molar-refractivity contribution is 0.204. The SMILES string of the molecule is CC1SCCN(Cc2cc(F)cc(C#N)c2)C1C. The zero-order valence-corrected chi connectivity index (χ0v) is 11.5. The summed E-state index contributed by atoms with van der Waals surface area (Å²) in [6.45, 7) is 6.18. The summed E-state index contributed by atoms with van der Waals surface area (Å²) in [7, 11) is 0. The van der Waals surface area contributed by atoms with Gasteiger partial charge in [-0.2, -0.15) is 17.0 Å². The molecule has 2 nitrogen and oxygen atoms in total. The lowest BCUT2D eigenvalue weighted by Gasteiger charge is -2.37. The Hall–Kier alpha value is -1.05. The molecule has 1 aromatic carbocycles. The first-order valence-electron chi connectivity index (χ1n) is 6.15. The van der Waals surface area contributed by atoms with Crippen LogP contribution in [0.4, 0.5) is 4.39 Å². The first kappa shape index (κ1) is 13.4. The van der Waals surface area contributed by atoms with Crippen molar-refractivity contribution in [2.75, 3.05) is 12.3 Å². The summed E-state index contributed by atoms with van der Waals surface area (Å²) in [6.07, 6.45) is 0. The van der Waals surface area contributed by atoms with Crippen LogP contribution in [-0.4, -0.2) is 28.5 Å². The molecular weight excluding hydrogens is 247 g/mol. The van der Waals surface area contributed by atoms with Gasteiger partial charge in [-0.05, 0) is 30.7 Å². The molecule has 1 fully saturated rings. The standard InChI is InChI=1S/C14H17FN2S/c1-10-11(2)18-4-3-17(10)9-13-5-12(8-16)6-14(15)7-13/h5-7,10-11H,3-4,9H2,1-2H3. The molecule has 0 bridgehead atoms. The molecule has 1 heterocycles. The second-order valence-electron chi connectivity index (χ2n) is 4.75. The molecule has 2 rings (SSSR count). The maximum atomic E-state index is 13.4. The van der Waals surface area contributed by atoms with Gasteiger partial charge < -0.3 is 0 Å². The largest absolute Gasteiger partial charge is 0.295 e. The molecule has 2 atom stereocenters. The van der Waals surface area contributed by atoms with Gasteiger partial charge in [0.05, 0.1) is 11.6 Å². The van der Waals surface area contributed by atoms with Gasteiger partial charge in [0.25, 0.3) is 0 Å². The highest BCUT2D eigenvalue weighted by Gasteiger charge is 2.25. The Kier molecular flexibility index (Phi) is 4.26. The maximum absolute atomic E-state index is 13.4. The van der Waals surface area contributed by atoms with Crippen LogP contribution in [0.1, 0.15) is 25.0 Å². The Morgan fingerprint density at radius 3 is 2.94 bits per heavy atom. The highest BCUT2D eigenvalue weighted by atomic mass is 32.2. The van der Waals surface area contributed by atoms with Crippen molar-refractivity contribution in [2.45, 2.75) is 31.7 Å². The normalized spacial score (nSPS) is 24.8. The minimum absolute atomic E-state index is 0.323. The molecule has 1 aliphatic heterocycles. The molecule has 0 amide bonds. The molecule has 18 heavy (non-hydrogen) atoms. The van der Waals surface area contributed by atoms with Crippen LogP contribution < -0.4 is 0 Å². The molecule has 0 N–H and O–H groups in total. The van der Waals surface area contributed by atoms with Crippen LogP contribution in [0.2, 0.25) is 0 Å². The van der Waals surface area contributed by atoms with E-state index in [-0.39, 0.29) is 5.82 Å². The van der Waals surface area contributed by atoms with Gasteiger partial charge in [0.1, 0.15) is 5.82 Å². The molecule has 0 aliphatic carbocycles. The predicted molar refractivity (Wildman–Crippen MR) is 72.9 cm³/mol. The molecule has 1 saturated heterocycles. The van der Waals surface area contributed by atoms with E-state index < -0.39 is 0 Å². The highest BCUT2D eigenvalue weighted by molar-refractivity contribution is 8.00. The molecule has 4 heteroatoms. The Balaban J connectivity index is 2.13. The van der Waals surface area contributed by atoms with E-state index in [2.05, 4.69) is 18.7 Å². The summed E-state index contributed by atoms with van der Waals surface area (Å²) in [4.78, 5) is 2.36. The van der Waals surface area contributed by atoms with Gasteiger partial charge in [0, 0.05) is 30.1 Å². The van der Waals surface area contributed by atoms with Crippen molar-refractivity contribution in [3.63, 3.8) is 0 Å². The lowest BCUT2D eigenvalue weighted by Crippen LogP contribution is -2.43. The van der Waals surface area contributed by atoms with Crippen molar-refractivity contribution in [1.29, 1.82) is 5.26 Å². The van der Waals surface area contributed by atoms with E-state index in [1.807, 2.05) is 17.8 Å². The minimum Gasteiger partial charge on any atom is -0.295 e. The summed E-state index contributed by atoms with van der Waals surface area (Å²) >= 11 is 1.98. The third-order valence-corrected chi connectivity index (χ3v) is 4.82. The topological polar surface area (TPSA) is 27.0 Å². The van der Waals surface area contributed by atoms with E-state index in [1.54, 1.807) is 6.07 Å². The third kappa shape index (κ3) is 3.04. The predicted octanol–water partition coefficient (Wildman–Crippen LogP) is 3.02. The number of benzene rings is 1. The van der Waals surface area contributed by atoms with Gasteiger partial charge in [-0.3, -0.25) is 4.90 Å². The molecule has 0 saturated carbocycles. The second-order valence-corrected chi connectivity index (χ2v) is 6.23. The number of nitrogens with zero attached hydrogens (tertiary/aromatic N) is 2. The Morgan fingerprint density at radius 1 is 1.44 bits per heavy atom. The summed E-state index contributed by atoms with van der Waals surface area (Å²) < 4.78 is 13.4.